The molecule has 0 unspecified atom stereocenters. The lowest BCUT2D eigenvalue weighted by atomic mass is 10.1. The molecule has 0 saturated heterocycles. The van der Waals surface area contributed by atoms with Gasteiger partial charge in [0.25, 0.3) is 0 Å². The Morgan fingerprint density at radius 2 is 1.93 bits per heavy atom. The van der Waals surface area contributed by atoms with Gasteiger partial charge in [-0.15, -0.1) is 5.10 Å². The first-order chi connectivity index (χ1) is 13.2. The standard InChI is InChI=1S/C20H22N4O3/c1-15(11-12-27-19-5-3-2-4-6-19)20(26)21-16-7-9-18(10-8-16)24-13-17(14-25)22-23-24/h2-10,13,15,25H,11-12,14H2,1H3,(H,21,26)/t15-/m0/s1. The normalized spacial score (nSPS) is 11.8. The Morgan fingerprint density at radius 1 is 1.19 bits per heavy atom. The van der Waals surface area contributed by atoms with Gasteiger partial charge in [-0.3, -0.25) is 4.79 Å². The first-order valence-corrected chi connectivity index (χ1v) is 8.77. The van der Waals surface area contributed by atoms with Crippen LogP contribution in [0.25, 0.3) is 5.69 Å². The lowest BCUT2D eigenvalue weighted by Gasteiger charge is -2.13. The fourth-order valence-electron chi connectivity index (χ4n) is 2.46. The van der Waals surface area contributed by atoms with E-state index in [9.17, 15) is 4.79 Å². The summed E-state index contributed by atoms with van der Waals surface area (Å²) in [6.45, 7) is 2.21. The SMILES string of the molecule is C[C@@H](CCOc1ccccc1)C(=O)Nc1ccc(-n2cc(CO)nn2)cc1. The molecular formula is C20H22N4O3. The Kier molecular flexibility index (Phi) is 6.17. The second kappa shape index (κ2) is 8.95. The van der Waals surface area contributed by atoms with Crippen molar-refractivity contribution >= 4 is 11.6 Å². The van der Waals surface area contributed by atoms with E-state index in [1.54, 1.807) is 23.0 Å². The van der Waals surface area contributed by atoms with Crippen molar-refractivity contribution in [3.05, 3.63) is 66.5 Å². The molecule has 3 aromatic rings. The van der Waals surface area contributed by atoms with Crippen molar-refractivity contribution in [2.24, 2.45) is 5.92 Å². The van der Waals surface area contributed by atoms with Crippen LogP contribution in [0.5, 0.6) is 5.75 Å². The van der Waals surface area contributed by atoms with E-state index < -0.39 is 0 Å². The molecule has 0 aliphatic rings. The number of amides is 1. The summed E-state index contributed by atoms with van der Waals surface area (Å²) in [5, 5.41) is 19.7. The summed E-state index contributed by atoms with van der Waals surface area (Å²) in [6.07, 6.45) is 2.28. The number of para-hydroxylation sites is 1. The Labute approximate surface area is 157 Å². The minimum absolute atomic E-state index is 0.0530. The summed E-state index contributed by atoms with van der Waals surface area (Å²) in [4.78, 5) is 12.3. The monoisotopic (exact) mass is 366 g/mol. The Hall–Kier alpha value is -3.19. The molecule has 3 rings (SSSR count). The van der Waals surface area contributed by atoms with Crippen LogP contribution in [-0.4, -0.2) is 32.6 Å². The van der Waals surface area contributed by atoms with E-state index in [0.717, 1.165) is 11.4 Å². The van der Waals surface area contributed by atoms with E-state index in [0.29, 0.717) is 24.4 Å². The molecule has 0 spiro atoms. The largest absolute Gasteiger partial charge is 0.494 e. The van der Waals surface area contributed by atoms with Gasteiger partial charge in [0.05, 0.1) is 25.1 Å². The number of aliphatic hydroxyl groups is 1. The molecule has 27 heavy (non-hydrogen) atoms. The number of aromatic nitrogens is 3. The minimum Gasteiger partial charge on any atom is -0.494 e. The molecule has 1 aromatic heterocycles. The number of nitrogens with one attached hydrogen (secondary N) is 1. The van der Waals surface area contributed by atoms with Gasteiger partial charge in [-0.2, -0.15) is 0 Å². The Bertz CT molecular complexity index is 862. The molecule has 2 aromatic carbocycles. The van der Waals surface area contributed by atoms with Crippen molar-refractivity contribution in [1.82, 2.24) is 15.0 Å². The van der Waals surface area contributed by atoms with E-state index in [1.807, 2.05) is 49.4 Å². The number of carbonyl (C=O) groups excluding carboxylic acids is 1. The maximum absolute atomic E-state index is 12.3. The number of rotatable bonds is 8. The van der Waals surface area contributed by atoms with Crippen molar-refractivity contribution in [2.75, 3.05) is 11.9 Å². The summed E-state index contributed by atoms with van der Waals surface area (Å²) in [5.41, 5.74) is 2.01. The summed E-state index contributed by atoms with van der Waals surface area (Å²) in [5.74, 6) is 0.580. The molecule has 0 bridgehead atoms. The number of carbonyl (C=O) groups is 1. The number of aliphatic hydroxyl groups excluding tert-OH is 1. The first-order valence-electron chi connectivity index (χ1n) is 8.77. The molecule has 2 N–H and O–H groups in total. The molecule has 0 fully saturated rings. The van der Waals surface area contributed by atoms with Gasteiger partial charge in [-0.05, 0) is 42.8 Å². The first kappa shape index (κ1) is 18.6. The number of benzene rings is 2. The molecule has 7 nitrogen and oxygen atoms in total. The van der Waals surface area contributed by atoms with Crippen molar-refractivity contribution in [3.8, 4) is 11.4 Å². The highest BCUT2D eigenvalue weighted by Gasteiger charge is 2.13. The molecular weight excluding hydrogens is 344 g/mol. The summed E-state index contributed by atoms with van der Waals surface area (Å²) in [7, 11) is 0. The predicted octanol–water partition coefficient (Wildman–Crippen LogP) is 2.80. The van der Waals surface area contributed by atoms with Crippen LogP contribution in [0, 0.1) is 5.92 Å². The van der Waals surface area contributed by atoms with Crippen LogP contribution >= 0.6 is 0 Å². The van der Waals surface area contributed by atoms with Crippen LogP contribution in [0.4, 0.5) is 5.69 Å². The number of nitrogens with zero attached hydrogens (tertiary/aromatic N) is 3. The highest BCUT2D eigenvalue weighted by molar-refractivity contribution is 5.92. The number of hydrogen-bond acceptors (Lipinski definition) is 5. The molecule has 7 heteroatoms. The molecule has 1 amide bonds. The van der Waals surface area contributed by atoms with Gasteiger partial charge < -0.3 is 15.2 Å². The van der Waals surface area contributed by atoms with Gasteiger partial charge in [0.2, 0.25) is 5.91 Å². The van der Waals surface area contributed by atoms with E-state index >= 15 is 0 Å². The lowest BCUT2D eigenvalue weighted by molar-refractivity contribution is -0.119. The molecule has 1 atom stereocenters. The molecule has 1 heterocycles. The average Bonchev–Trinajstić information content (AvgIpc) is 3.18. The molecule has 0 radical (unpaired) electrons. The highest BCUT2D eigenvalue weighted by Crippen LogP contribution is 2.15. The Morgan fingerprint density at radius 3 is 2.59 bits per heavy atom. The maximum Gasteiger partial charge on any atom is 0.227 e. The number of hydrogen-bond donors (Lipinski definition) is 2. The minimum atomic E-state index is -0.171. The third kappa shape index (κ3) is 5.15. The van der Waals surface area contributed by atoms with Crippen LogP contribution in [0.1, 0.15) is 19.0 Å². The Balaban J connectivity index is 1.49. The second-order valence-corrected chi connectivity index (χ2v) is 6.20. The number of anilines is 1. The topological polar surface area (TPSA) is 89.3 Å². The fourth-order valence-corrected chi connectivity index (χ4v) is 2.46. The molecule has 0 aliphatic heterocycles. The maximum atomic E-state index is 12.3. The van der Waals surface area contributed by atoms with Crippen LogP contribution in [0.3, 0.4) is 0 Å². The van der Waals surface area contributed by atoms with Gasteiger partial charge >= 0.3 is 0 Å². The predicted molar refractivity (Wildman–Crippen MR) is 102 cm³/mol. The van der Waals surface area contributed by atoms with Crippen LogP contribution in [0.15, 0.2) is 60.8 Å². The highest BCUT2D eigenvalue weighted by atomic mass is 16.5. The zero-order chi connectivity index (χ0) is 19.1. The van der Waals surface area contributed by atoms with Crippen LogP contribution in [-0.2, 0) is 11.4 Å². The third-order valence-electron chi connectivity index (χ3n) is 4.11. The smallest absolute Gasteiger partial charge is 0.227 e. The zero-order valence-electron chi connectivity index (χ0n) is 15.1. The third-order valence-corrected chi connectivity index (χ3v) is 4.11. The van der Waals surface area contributed by atoms with Crippen molar-refractivity contribution in [2.45, 2.75) is 20.0 Å². The summed E-state index contributed by atoms with van der Waals surface area (Å²) < 4.78 is 7.21. The average molecular weight is 366 g/mol. The van der Waals surface area contributed by atoms with Gasteiger partial charge in [-0.25, -0.2) is 4.68 Å². The van der Waals surface area contributed by atoms with Gasteiger partial charge in [0.15, 0.2) is 0 Å². The molecule has 0 saturated carbocycles. The van der Waals surface area contributed by atoms with E-state index in [1.165, 1.54) is 0 Å². The van der Waals surface area contributed by atoms with Gasteiger partial charge in [0.1, 0.15) is 11.4 Å². The van der Waals surface area contributed by atoms with Crippen molar-refractivity contribution < 1.29 is 14.6 Å². The van der Waals surface area contributed by atoms with E-state index in [2.05, 4.69) is 15.6 Å². The summed E-state index contributed by atoms with van der Waals surface area (Å²) >= 11 is 0. The second-order valence-electron chi connectivity index (χ2n) is 6.20. The fraction of sp³-hybridized carbons (Fsp3) is 0.250. The quantitative estimate of drug-likeness (QED) is 0.640. The van der Waals surface area contributed by atoms with E-state index in [-0.39, 0.29) is 18.4 Å². The van der Waals surface area contributed by atoms with Crippen LogP contribution in [0.2, 0.25) is 0 Å². The van der Waals surface area contributed by atoms with Crippen LogP contribution < -0.4 is 10.1 Å². The molecule has 0 aliphatic carbocycles. The molecule has 140 valence electrons. The lowest BCUT2D eigenvalue weighted by Crippen LogP contribution is -2.22. The summed E-state index contributed by atoms with van der Waals surface area (Å²) in [6, 6.07) is 16.8. The van der Waals surface area contributed by atoms with Crippen molar-refractivity contribution in [3.63, 3.8) is 0 Å². The van der Waals surface area contributed by atoms with E-state index in [4.69, 9.17) is 9.84 Å². The van der Waals surface area contributed by atoms with Crippen molar-refractivity contribution in [1.29, 1.82) is 0 Å². The zero-order valence-corrected chi connectivity index (χ0v) is 15.1. The van der Waals surface area contributed by atoms with Gasteiger partial charge in [0, 0.05) is 11.6 Å². The van der Waals surface area contributed by atoms with Gasteiger partial charge in [-0.1, -0.05) is 30.3 Å². The number of ether oxygens (including phenoxy) is 1.